The zero-order chi connectivity index (χ0) is 12.8. The lowest BCUT2D eigenvalue weighted by Gasteiger charge is -2.23. The van der Waals surface area contributed by atoms with Crippen molar-refractivity contribution in [3.05, 3.63) is 28.8 Å². The molecule has 0 atom stereocenters. The molecule has 0 aromatic heterocycles. The first-order valence-electron chi connectivity index (χ1n) is 5.94. The van der Waals surface area contributed by atoms with Crippen molar-refractivity contribution < 1.29 is 9.90 Å². The van der Waals surface area contributed by atoms with E-state index >= 15 is 0 Å². The third kappa shape index (κ3) is 1.79. The van der Waals surface area contributed by atoms with E-state index in [9.17, 15) is 4.79 Å². The Labute approximate surface area is 102 Å². The Morgan fingerprint density at radius 3 is 2.65 bits per heavy atom. The highest BCUT2D eigenvalue weighted by atomic mass is 16.4. The lowest BCUT2D eigenvalue weighted by molar-refractivity contribution is 0.203. The van der Waals surface area contributed by atoms with E-state index in [-0.39, 0.29) is 5.41 Å². The number of anilines is 1. The van der Waals surface area contributed by atoms with E-state index in [0.29, 0.717) is 0 Å². The molecule has 2 rings (SSSR count). The lowest BCUT2D eigenvalue weighted by Crippen LogP contribution is -2.26. The molecule has 0 spiro atoms. The van der Waals surface area contributed by atoms with Gasteiger partial charge in [-0.15, -0.1) is 0 Å². The molecule has 1 aliphatic carbocycles. The van der Waals surface area contributed by atoms with Gasteiger partial charge in [0.1, 0.15) is 0 Å². The largest absolute Gasteiger partial charge is 0.465 e. The smallest absolute Gasteiger partial charge is 0.411 e. The van der Waals surface area contributed by atoms with Gasteiger partial charge in [0, 0.05) is 7.05 Å². The zero-order valence-corrected chi connectivity index (χ0v) is 10.9. The lowest BCUT2D eigenvalue weighted by atomic mass is 9.86. The second-order valence-electron chi connectivity index (χ2n) is 5.48. The monoisotopic (exact) mass is 233 g/mol. The molecule has 3 heteroatoms. The molecular weight excluding hydrogens is 214 g/mol. The van der Waals surface area contributed by atoms with Crippen molar-refractivity contribution in [2.45, 2.75) is 39.0 Å². The molecule has 0 radical (unpaired) electrons. The zero-order valence-electron chi connectivity index (χ0n) is 10.9. The van der Waals surface area contributed by atoms with E-state index in [0.717, 1.165) is 24.1 Å². The fourth-order valence-electron chi connectivity index (χ4n) is 2.78. The molecule has 1 aliphatic rings. The molecule has 0 saturated heterocycles. The summed E-state index contributed by atoms with van der Waals surface area (Å²) in [7, 11) is 1.62. The summed E-state index contributed by atoms with van der Waals surface area (Å²) in [5, 5.41) is 9.15. The van der Waals surface area contributed by atoms with E-state index in [1.807, 2.05) is 13.0 Å². The molecule has 0 unspecified atom stereocenters. The SMILES string of the molecule is Cc1ccc2c(c1N(C)C(=O)O)CCC2(C)C. The van der Waals surface area contributed by atoms with Crippen molar-refractivity contribution in [3.8, 4) is 0 Å². The number of nitrogens with zero attached hydrogens (tertiary/aromatic N) is 1. The van der Waals surface area contributed by atoms with Crippen LogP contribution in [0.3, 0.4) is 0 Å². The molecular formula is C14H19NO2. The van der Waals surface area contributed by atoms with Crippen molar-refractivity contribution in [2.75, 3.05) is 11.9 Å². The summed E-state index contributed by atoms with van der Waals surface area (Å²) < 4.78 is 0. The first kappa shape index (κ1) is 12.0. The van der Waals surface area contributed by atoms with Crippen molar-refractivity contribution >= 4 is 11.8 Å². The predicted octanol–water partition coefficient (Wildman–Crippen LogP) is 3.33. The molecule has 0 aliphatic heterocycles. The van der Waals surface area contributed by atoms with Crippen molar-refractivity contribution in [3.63, 3.8) is 0 Å². The van der Waals surface area contributed by atoms with E-state index < -0.39 is 6.09 Å². The molecule has 1 aromatic carbocycles. The van der Waals surface area contributed by atoms with Crippen LogP contribution in [0.25, 0.3) is 0 Å². The predicted molar refractivity (Wildman–Crippen MR) is 69.0 cm³/mol. The van der Waals surface area contributed by atoms with E-state index in [1.54, 1.807) is 7.05 Å². The third-order valence-corrected chi connectivity index (χ3v) is 3.84. The summed E-state index contributed by atoms with van der Waals surface area (Å²) in [4.78, 5) is 12.5. The van der Waals surface area contributed by atoms with Crippen LogP contribution < -0.4 is 4.90 Å². The average molecular weight is 233 g/mol. The molecule has 3 nitrogen and oxygen atoms in total. The van der Waals surface area contributed by atoms with Gasteiger partial charge < -0.3 is 5.11 Å². The molecule has 0 heterocycles. The Morgan fingerprint density at radius 1 is 1.41 bits per heavy atom. The Bertz CT molecular complexity index is 477. The van der Waals surface area contributed by atoms with E-state index in [2.05, 4.69) is 19.9 Å². The van der Waals surface area contributed by atoms with Gasteiger partial charge in [-0.1, -0.05) is 26.0 Å². The van der Waals surface area contributed by atoms with Gasteiger partial charge in [-0.25, -0.2) is 4.79 Å². The molecule has 92 valence electrons. The van der Waals surface area contributed by atoms with Gasteiger partial charge in [0.15, 0.2) is 0 Å². The Balaban J connectivity index is 2.61. The summed E-state index contributed by atoms with van der Waals surface area (Å²) in [6.45, 7) is 6.41. The Hall–Kier alpha value is -1.51. The molecule has 0 saturated carbocycles. The average Bonchev–Trinajstić information content (AvgIpc) is 2.53. The fourth-order valence-corrected chi connectivity index (χ4v) is 2.78. The van der Waals surface area contributed by atoms with E-state index in [4.69, 9.17) is 5.11 Å². The van der Waals surface area contributed by atoms with Gasteiger partial charge in [-0.05, 0) is 41.9 Å². The Kier molecular flexibility index (Phi) is 2.64. The maximum Gasteiger partial charge on any atom is 0.411 e. The van der Waals surface area contributed by atoms with Gasteiger partial charge in [-0.3, -0.25) is 4.90 Å². The number of hydrogen-bond donors (Lipinski definition) is 1. The highest BCUT2D eigenvalue weighted by Gasteiger charge is 2.33. The molecule has 1 aromatic rings. The van der Waals surface area contributed by atoms with Crippen LogP contribution in [0.2, 0.25) is 0 Å². The first-order valence-corrected chi connectivity index (χ1v) is 5.94. The van der Waals surface area contributed by atoms with Crippen LogP contribution in [0.4, 0.5) is 10.5 Å². The van der Waals surface area contributed by atoms with Crippen LogP contribution in [-0.2, 0) is 11.8 Å². The van der Waals surface area contributed by atoms with Crippen molar-refractivity contribution in [2.24, 2.45) is 0 Å². The summed E-state index contributed by atoms with van der Waals surface area (Å²) in [6.07, 6.45) is 1.16. The second kappa shape index (κ2) is 3.76. The summed E-state index contributed by atoms with van der Waals surface area (Å²) >= 11 is 0. The van der Waals surface area contributed by atoms with Gasteiger partial charge in [-0.2, -0.15) is 0 Å². The molecule has 1 amide bonds. The molecule has 1 N–H and O–H groups in total. The minimum absolute atomic E-state index is 0.164. The topological polar surface area (TPSA) is 40.5 Å². The highest BCUT2D eigenvalue weighted by Crippen LogP contribution is 2.43. The molecule has 0 fully saturated rings. The Morgan fingerprint density at radius 2 is 2.06 bits per heavy atom. The van der Waals surface area contributed by atoms with Gasteiger partial charge >= 0.3 is 6.09 Å². The minimum Gasteiger partial charge on any atom is -0.465 e. The fraction of sp³-hybridized carbons (Fsp3) is 0.500. The van der Waals surface area contributed by atoms with Crippen LogP contribution in [-0.4, -0.2) is 18.2 Å². The van der Waals surface area contributed by atoms with Crippen LogP contribution in [0, 0.1) is 6.92 Å². The summed E-state index contributed by atoms with van der Waals surface area (Å²) in [5.41, 5.74) is 4.58. The standard InChI is InChI=1S/C14H19NO2/c1-9-5-6-11-10(7-8-14(11,2)3)12(9)15(4)13(16)17/h5-6H,7-8H2,1-4H3,(H,16,17). The van der Waals surface area contributed by atoms with Crippen LogP contribution in [0.15, 0.2) is 12.1 Å². The molecule has 17 heavy (non-hydrogen) atoms. The second-order valence-corrected chi connectivity index (χ2v) is 5.48. The van der Waals surface area contributed by atoms with Crippen molar-refractivity contribution in [1.29, 1.82) is 0 Å². The number of benzene rings is 1. The summed E-state index contributed by atoms with van der Waals surface area (Å²) in [6, 6.07) is 4.18. The quantitative estimate of drug-likeness (QED) is 0.808. The number of carbonyl (C=O) groups is 1. The third-order valence-electron chi connectivity index (χ3n) is 3.84. The number of fused-ring (bicyclic) bond motifs is 1. The minimum atomic E-state index is -0.897. The number of aryl methyl sites for hydroxylation is 1. The first-order chi connectivity index (χ1) is 7.84. The molecule has 0 bridgehead atoms. The number of carboxylic acid groups (broad SMARTS) is 1. The van der Waals surface area contributed by atoms with Gasteiger partial charge in [0.2, 0.25) is 0 Å². The number of hydrogen-bond acceptors (Lipinski definition) is 1. The van der Waals surface area contributed by atoms with Crippen LogP contribution in [0.5, 0.6) is 0 Å². The van der Waals surface area contributed by atoms with Crippen LogP contribution in [0.1, 0.15) is 37.0 Å². The summed E-state index contributed by atoms with van der Waals surface area (Å²) in [5.74, 6) is 0. The maximum atomic E-state index is 11.1. The van der Waals surface area contributed by atoms with Crippen LogP contribution >= 0.6 is 0 Å². The number of rotatable bonds is 1. The van der Waals surface area contributed by atoms with E-state index in [1.165, 1.54) is 16.0 Å². The van der Waals surface area contributed by atoms with Crippen molar-refractivity contribution in [1.82, 2.24) is 0 Å². The number of amides is 1. The highest BCUT2D eigenvalue weighted by molar-refractivity contribution is 5.88. The normalized spacial score (nSPS) is 16.7. The van der Waals surface area contributed by atoms with Gasteiger partial charge in [0.25, 0.3) is 0 Å². The van der Waals surface area contributed by atoms with Gasteiger partial charge in [0.05, 0.1) is 5.69 Å². The maximum absolute atomic E-state index is 11.1.